The van der Waals surface area contributed by atoms with E-state index in [9.17, 15) is 4.79 Å². The first-order chi connectivity index (χ1) is 10.6. The van der Waals surface area contributed by atoms with Crippen molar-refractivity contribution < 1.29 is 4.79 Å². The molecule has 1 N–H and O–H groups in total. The molecule has 1 heterocycles. The summed E-state index contributed by atoms with van der Waals surface area (Å²) < 4.78 is 0. The Bertz CT molecular complexity index is 570. The highest BCUT2D eigenvalue weighted by Gasteiger charge is 2.15. The molecule has 0 radical (unpaired) electrons. The van der Waals surface area contributed by atoms with Gasteiger partial charge in [0, 0.05) is 43.6 Å². The molecule has 1 aliphatic rings. The molecule has 0 spiro atoms. The molecule has 118 valence electrons. The Morgan fingerprint density at radius 1 is 1.18 bits per heavy atom. The van der Waals surface area contributed by atoms with E-state index in [4.69, 9.17) is 0 Å². The van der Waals surface area contributed by atoms with Crippen LogP contribution in [0.2, 0.25) is 0 Å². The second-order valence-corrected chi connectivity index (χ2v) is 5.67. The average molecular weight is 299 g/mol. The summed E-state index contributed by atoms with van der Waals surface area (Å²) in [6.07, 6.45) is 6.99. The lowest BCUT2D eigenvalue weighted by atomic mass is 10.1. The number of amides is 1. The Morgan fingerprint density at radius 2 is 1.91 bits per heavy atom. The van der Waals surface area contributed by atoms with E-state index in [-0.39, 0.29) is 5.91 Å². The van der Waals surface area contributed by atoms with Crippen molar-refractivity contribution in [2.45, 2.75) is 13.8 Å². The summed E-state index contributed by atoms with van der Waals surface area (Å²) in [6.45, 7) is 8.30. The van der Waals surface area contributed by atoms with E-state index in [2.05, 4.69) is 35.2 Å². The SMILES string of the molecule is C/C=C/C=C/C(=O)Nc1ccc(N2CCN(C)CC2)c(C)c1. The molecular weight excluding hydrogens is 274 g/mol. The fourth-order valence-electron chi connectivity index (χ4n) is 2.57. The highest BCUT2D eigenvalue weighted by molar-refractivity contribution is 5.99. The number of hydrogen-bond donors (Lipinski definition) is 1. The first-order valence-corrected chi connectivity index (χ1v) is 7.74. The predicted octanol–water partition coefficient (Wildman–Crippen LogP) is 2.82. The van der Waals surface area contributed by atoms with Crippen molar-refractivity contribution in [1.82, 2.24) is 4.90 Å². The van der Waals surface area contributed by atoms with Gasteiger partial charge in [-0.15, -0.1) is 0 Å². The summed E-state index contributed by atoms with van der Waals surface area (Å²) in [6, 6.07) is 6.11. The number of benzene rings is 1. The number of carbonyl (C=O) groups excluding carboxylic acids is 1. The monoisotopic (exact) mass is 299 g/mol. The standard InChI is InChI=1S/C18H25N3O/c1-4-5-6-7-18(22)19-16-8-9-17(15(2)14-16)21-12-10-20(3)11-13-21/h4-9,14H,10-13H2,1-3H3,(H,19,22)/b5-4+,7-6+. The van der Waals surface area contributed by atoms with Gasteiger partial charge in [0.05, 0.1) is 0 Å². The van der Waals surface area contributed by atoms with Gasteiger partial charge < -0.3 is 15.1 Å². The van der Waals surface area contributed by atoms with Crippen LogP contribution >= 0.6 is 0 Å². The van der Waals surface area contributed by atoms with Crippen LogP contribution in [0.3, 0.4) is 0 Å². The lowest BCUT2D eigenvalue weighted by Crippen LogP contribution is -2.44. The molecule has 1 amide bonds. The van der Waals surface area contributed by atoms with Gasteiger partial charge in [-0.1, -0.05) is 18.2 Å². The summed E-state index contributed by atoms with van der Waals surface area (Å²) in [4.78, 5) is 16.5. The van der Waals surface area contributed by atoms with Crippen molar-refractivity contribution in [1.29, 1.82) is 0 Å². The van der Waals surface area contributed by atoms with Crippen LogP contribution in [0.1, 0.15) is 12.5 Å². The number of rotatable bonds is 4. The van der Waals surface area contributed by atoms with Crippen molar-refractivity contribution in [3.05, 3.63) is 48.1 Å². The Labute approximate surface area is 133 Å². The molecule has 22 heavy (non-hydrogen) atoms. The predicted molar refractivity (Wildman–Crippen MR) is 93.5 cm³/mol. The van der Waals surface area contributed by atoms with Crippen LogP contribution in [0, 0.1) is 6.92 Å². The molecule has 1 saturated heterocycles. The third kappa shape index (κ3) is 4.46. The molecule has 1 aromatic carbocycles. The van der Waals surface area contributed by atoms with Gasteiger partial charge in [0.15, 0.2) is 0 Å². The molecule has 1 aromatic rings. The quantitative estimate of drug-likeness (QED) is 0.686. The molecule has 0 atom stereocenters. The maximum absolute atomic E-state index is 11.8. The minimum Gasteiger partial charge on any atom is -0.369 e. The molecule has 0 bridgehead atoms. The number of aryl methyl sites for hydroxylation is 1. The molecule has 1 fully saturated rings. The number of likely N-dealkylation sites (N-methyl/N-ethyl adjacent to an activating group) is 1. The maximum Gasteiger partial charge on any atom is 0.248 e. The van der Waals surface area contributed by atoms with Crippen LogP contribution in [0.5, 0.6) is 0 Å². The van der Waals surface area contributed by atoms with E-state index < -0.39 is 0 Å². The van der Waals surface area contributed by atoms with E-state index >= 15 is 0 Å². The minimum atomic E-state index is -0.107. The zero-order valence-corrected chi connectivity index (χ0v) is 13.7. The lowest BCUT2D eigenvalue weighted by Gasteiger charge is -2.35. The van der Waals surface area contributed by atoms with E-state index in [0.717, 1.165) is 31.9 Å². The number of hydrogen-bond acceptors (Lipinski definition) is 3. The van der Waals surface area contributed by atoms with Crippen LogP contribution in [0.15, 0.2) is 42.5 Å². The number of carbonyl (C=O) groups is 1. The largest absolute Gasteiger partial charge is 0.369 e. The van der Waals surface area contributed by atoms with Crippen molar-refractivity contribution in [2.24, 2.45) is 0 Å². The number of nitrogens with zero attached hydrogens (tertiary/aromatic N) is 2. The molecule has 0 saturated carbocycles. The van der Waals surface area contributed by atoms with Gasteiger partial charge >= 0.3 is 0 Å². The summed E-state index contributed by atoms with van der Waals surface area (Å²) in [5.74, 6) is -0.107. The van der Waals surface area contributed by atoms with E-state index in [1.165, 1.54) is 17.3 Å². The third-order valence-corrected chi connectivity index (χ3v) is 3.86. The van der Waals surface area contributed by atoms with Gasteiger partial charge in [-0.25, -0.2) is 0 Å². The number of anilines is 2. The smallest absolute Gasteiger partial charge is 0.248 e. The highest BCUT2D eigenvalue weighted by Crippen LogP contribution is 2.24. The first kappa shape index (κ1) is 16.3. The lowest BCUT2D eigenvalue weighted by molar-refractivity contribution is -0.111. The number of nitrogens with one attached hydrogen (secondary N) is 1. The first-order valence-electron chi connectivity index (χ1n) is 7.74. The van der Waals surface area contributed by atoms with Crippen molar-refractivity contribution in [2.75, 3.05) is 43.4 Å². The van der Waals surface area contributed by atoms with Gasteiger partial charge in [0.25, 0.3) is 0 Å². The summed E-state index contributed by atoms with van der Waals surface area (Å²) in [5, 5.41) is 2.89. The number of allylic oxidation sites excluding steroid dienone is 3. The molecule has 0 aromatic heterocycles. The van der Waals surface area contributed by atoms with Gasteiger partial charge in [-0.2, -0.15) is 0 Å². The molecule has 4 heteroatoms. The molecule has 1 aliphatic heterocycles. The third-order valence-electron chi connectivity index (χ3n) is 3.86. The number of piperazine rings is 1. The topological polar surface area (TPSA) is 35.6 Å². The van der Waals surface area contributed by atoms with E-state index in [0.29, 0.717) is 0 Å². The molecule has 4 nitrogen and oxygen atoms in total. The van der Waals surface area contributed by atoms with Crippen LogP contribution in [-0.2, 0) is 4.79 Å². The summed E-state index contributed by atoms with van der Waals surface area (Å²) in [5.41, 5.74) is 3.29. The fraction of sp³-hybridized carbons (Fsp3) is 0.389. The fourth-order valence-corrected chi connectivity index (χ4v) is 2.57. The normalized spacial score (nSPS) is 16.6. The van der Waals surface area contributed by atoms with Crippen molar-refractivity contribution in [3.63, 3.8) is 0 Å². The van der Waals surface area contributed by atoms with Crippen LogP contribution in [-0.4, -0.2) is 44.0 Å². The van der Waals surface area contributed by atoms with E-state index in [1.54, 1.807) is 6.08 Å². The Hall–Kier alpha value is -2.07. The van der Waals surface area contributed by atoms with Gasteiger partial charge in [-0.05, 0) is 44.7 Å². The van der Waals surface area contributed by atoms with Gasteiger partial charge in [0.1, 0.15) is 0 Å². The Kier molecular flexibility index (Phi) is 5.78. The Morgan fingerprint density at radius 3 is 2.55 bits per heavy atom. The minimum absolute atomic E-state index is 0.107. The summed E-state index contributed by atoms with van der Waals surface area (Å²) in [7, 11) is 2.16. The Balaban J connectivity index is 2.01. The van der Waals surface area contributed by atoms with Gasteiger partial charge in [0.2, 0.25) is 5.91 Å². The van der Waals surface area contributed by atoms with Crippen molar-refractivity contribution >= 4 is 17.3 Å². The van der Waals surface area contributed by atoms with Crippen LogP contribution in [0.25, 0.3) is 0 Å². The van der Waals surface area contributed by atoms with Crippen LogP contribution in [0.4, 0.5) is 11.4 Å². The highest BCUT2D eigenvalue weighted by atomic mass is 16.1. The molecule has 0 aliphatic carbocycles. The molecule has 0 unspecified atom stereocenters. The zero-order valence-electron chi connectivity index (χ0n) is 13.7. The van der Waals surface area contributed by atoms with Gasteiger partial charge in [-0.3, -0.25) is 4.79 Å². The second-order valence-electron chi connectivity index (χ2n) is 5.67. The van der Waals surface area contributed by atoms with Crippen molar-refractivity contribution in [3.8, 4) is 0 Å². The summed E-state index contributed by atoms with van der Waals surface area (Å²) >= 11 is 0. The average Bonchev–Trinajstić information content (AvgIpc) is 2.49. The van der Waals surface area contributed by atoms with Crippen LogP contribution < -0.4 is 10.2 Å². The zero-order chi connectivity index (χ0) is 15.9. The molecule has 2 rings (SSSR count). The second kappa shape index (κ2) is 7.80. The van der Waals surface area contributed by atoms with E-state index in [1.807, 2.05) is 31.2 Å². The maximum atomic E-state index is 11.8. The molecular formula is C18H25N3O.